The number of carboxylic acid groups (broad SMARTS) is 2. The fourth-order valence-electron chi connectivity index (χ4n) is 2.44. The molecule has 0 bridgehead atoms. The van der Waals surface area contributed by atoms with Gasteiger partial charge in [-0.15, -0.1) is 0 Å². The molecule has 1 aliphatic carbocycles. The highest BCUT2D eigenvalue weighted by Gasteiger charge is 2.35. The van der Waals surface area contributed by atoms with Crippen molar-refractivity contribution in [3.63, 3.8) is 0 Å². The average Bonchev–Trinajstić information content (AvgIpc) is 2.46. The lowest BCUT2D eigenvalue weighted by Gasteiger charge is -2.28. The van der Waals surface area contributed by atoms with Crippen LogP contribution < -0.4 is 5.32 Å². The number of carbonyl (C=O) groups excluding carboxylic acids is 1. The smallest absolute Gasteiger partial charge is 0.333 e. The van der Waals surface area contributed by atoms with E-state index in [0.29, 0.717) is 23.1 Å². The Morgan fingerprint density at radius 1 is 1.27 bits per heavy atom. The predicted molar refractivity (Wildman–Crippen MR) is 79.8 cm³/mol. The summed E-state index contributed by atoms with van der Waals surface area (Å²) in [5, 5.41) is 21.6. The number of allylic oxidation sites excluding steroid dienone is 2. The number of carboxylic acids is 2. The molecule has 1 aromatic carbocycles. The van der Waals surface area contributed by atoms with Crippen LogP contribution in [0, 0.1) is 5.92 Å². The molecule has 0 spiro atoms. The number of benzene rings is 1. The van der Waals surface area contributed by atoms with Gasteiger partial charge in [-0.1, -0.05) is 24.3 Å². The number of hydrogen-bond donors (Lipinski definition) is 3. The molecule has 6 heteroatoms. The zero-order valence-electron chi connectivity index (χ0n) is 11.8. The summed E-state index contributed by atoms with van der Waals surface area (Å²) in [7, 11) is 0. The van der Waals surface area contributed by atoms with E-state index in [9.17, 15) is 24.6 Å². The molecule has 0 amide bonds. The van der Waals surface area contributed by atoms with Gasteiger partial charge in [0.15, 0.2) is 0 Å². The molecule has 2 rings (SSSR count). The third-order valence-corrected chi connectivity index (χ3v) is 3.51. The molecule has 2 atom stereocenters. The highest BCUT2D eigenvalue weighted by atomic mass is 16.4. The van der Waals surface area contributed by atoms with Crippen LogP contribution in [0.5, 0.6) is 0 Å². The second-order valence-corrected chi connectivity index (χ2v) is 4.99. The van der Waals surface area contributed by atoms with Gasteiger partial charge in [0.1, 0.15) is 6.29 Å². The van der Waals surface area contributed by atoms with Crippen LogP contribution in [0.15, 0.2) is 47.6 Å². The molecule has 22 heavy (non-hydrogen) atoms. The molecule has 0 saturated heterocycles. The number of hydrogen-bond acceptors (Lipinski definition) is 4. The van der Waals surface area contributed by atoms with E-state index in [2.05, 4.69) is 5.32 Å². The largest absolute Gasteiger partial charge is 0.481 e. The molecule has 2 unspecified atom stereocenters. The topological polar surface area (TPSA) is 104 Å². The Bertz CT molecular complexity index is 690. The van der Waals surface area contributed by atoms with Crippen molar-refractivity contribution in [2.24, 2.45) is 5.92 Å². The quantitative estimate of drug-likeness (QED) is 0.718. The zero-order chi connectivity index (χ0) is 16.3. The highest BCUT2D eigenvalue weighted by Crippen LogP contribution is 2.28. The SMILES string of the molecule is CC1=C(C(=O)O)C(Nc2cccc(C=O)c2)C(C(=O)O)C=C1. The molecule has 114 valence electrons. The minimum absolute atomic E-state index is 0.00593. The standard InChI is InChI=1S/C16H15NO5/c1-9-5-6-12(15(19)20)14(13(9)16(21)22)17-11-4-2-3-10(7-11)8-18/h2-8,12,14,17H,1H3,(H,19,20)(H,21,22). The lowest BCUT2D eigenvalue weighted by atomic mass is 9.84. The minimum Gasteiger partial charge on any atom is -0.481 e. The number of aldehydes is 1. The summed E-state index contributed by atoms with van der Waals surface area (Å²) in [4.78, 5) is 33.7. The molecular formula is C16H15NO5. The number of carbonyl (C=O) groups is 3. The van der Waals surface area contributed by atoms with Gasteiger partial charge in [0, 0.05) is 11.3 Å². The van der Waals surface area contributed by atoms with E-state index in [1.54, 1.807) is 31.2 Å². The lowest BCUT2D eigenvalue weighted by Crippen LogP contribution is -2.39. The first kappa shape index (κ1) is 15.5. The average molecular weight is 301 g/mol. The summed E-state index contributed by atoms with van der Waals surface area (Å²) in [6, 6.07) is 5.52. The molecule has 0 aromatic heterocycles. The van der Waals surface area contributed by atoms with Gasteiger partial charge in [-0.2, -0.15) is 0 Å². The molecule has 0 saturated carbocycles. The van der Waals surface area contributed by atoms with Gasteiger partial charge >= 0.3 is 11.9 Å². The van der Waals surface area contributed by atoms with Gasteiger partial charge in [0.05, 0.1) is 17.5 Å². The van der Waals surface area contributed by atoms with Gasteiger partial charge in [0.2, 0.25) is 0 Å². The van der Waals surface area contributed by atoms with Crippen LogP contribution in [0.25, 0.3) is 0 Å². The van der Waals surface area contributed by atoms with Crippen LogP contribution in [-0.2, 0) is 9.59 Å². The molecule has 1 aromatic rings. The maximum absolute atomic E-state index is 11.5. The van der Waals surface area contributed by atoms with Crippen LogP contribution in [0.2, 0.25) is 0 Å². The molecule has 0 aliphatic heterocycles. The Kier molecular flexibility index (Phi) is 4.41. The van der Waals surface area contributed by atoms with E-state index in [-0.39, 0.29) is 5.57 Å². The normalized spacial score (nSPS) is 20.6. The molecule has 3 N–H and O–H groups in total. The third-order valence-electron chi connectivity index (χ3n) is 3.51. The summed E-state index contributed by atoms with van der Waals surface area (Å²) in [5.41, 5.74) is 1.41. The van der Waals surface area contributed by atoms with Crippen molar-refractivity contribution < 1.29 is 24.6 Å². The Morgan fingerprint density at radius 2 is 2.00 bits per heavy atom. The summed E-state index contributed by atoms with van der Waals surface area (Å²) < 4.78 is 0. The molecule has 1 aliphatic rings. The van der Waals surface area contributed by atoms with Crippen LogP contribution in [-0.4, -0.2) is 34.5 Å². The van der Waals surface area contributed by atoms with Crippen LogP contribution in [0.3, 0.4) is 0 Å². The molecule has 0 fully saturated rings. The van der Waals surface area contributed by atoms with Gasteiger partial charge in [0.25, 0.3) is 0 Å². The van der Waals surface area contributed by atoms with Gasteiger partial charge in [-0.3, -0.25) is 9.59 Å². The second-order valence-electron chi connectivity index (χ2n) is 4.99. The number of rotatable bonds is 5. The first-order valence-corrected chi connectivity index (χ1v) is 6.61. The zero-order valence-corrected chi connectivity index (χ0v) is 11.8. The van der Waals surface area contributed by atoms with E-state index in [1.165, 1.54) is 12.2 Å². The monoisotopic (exact) mass is 301 g/mol. The number of nitrogens with one attached hydrogen (secondary N) is 1. The van der Waals surface area contributed by atoms with Crippen LogP contribution >= 0.6 is 0 Å². The van der Waals surface area contributed by atoms with E-state index < -0.39 is 23.9 Å². The van der Waals surface area contributed by atoms with Crippen molar-refractivity contribution in [2.45, 2.75) is 13.0 Å². The number of anilines is 1. The first-order valence-electron chi connectivity index (χ1n) is 6.61. The summed E-state index contributed by atoms with van der Waals surface area (Å²) >= 11 is 0. The van der Waals surface area contributed by atoms with Crippen molar-refractivity contribution >= 4 is 23.9 Å². The molecule has 6 nitrogen and oxygen atoms in total. The van der Waals surface area contributed by atoms with E-state index in [1.807, 2.05) is 0 Å². The van der Waals surface area contributed by atoms with Gasteiger partial charge < -0.3 is 15.5 Å². The van der Waals surface area contributed by atoms with E-state index >= 15 is 0 Å². The van der Waals surface area contributed by atoms with Crippen LogP contribution in [0.1, 0.15) is 17.3 Å². The lowest BCUT2D eigenvalue weighted by molar-refractivity contribution is -0.140. The minimum atomic E-state index is -1.17. The van der Waals surface area contributed by atoms with Crippen molar-refractivity contribution in [1.29, 1.82) is 0 Å². The maximum atomic E-state index is 11.5. The molecular weight excluding hydrogens is 286 g/mol. The number of aliphatic carboxylic acids is 2. The van der Waals surface area contributed by atoms with E-state index in [4.69, 9.17) is 0 Å². The van der Waals surface area contributed by atoms with Crippen LogP contribution in [0.4, 0.5) is 5.69 Å². The Hall–Kier alpha value is -2.89. The third kappa shape index (κ3) is 3.06. The van der Waals surface area contributed by atoms with Crippen molar-refractivity contribution in [3.05, 3.63) is 53.1 Å². The van der Waals surface area contributed by atoms with E-state index in [0.717, 1.165) is 0 Å². The fraction of sp³-hybridized carbons (Fsp3) is 0.188. The predicted octanol–water partition coefficient (Wildman–Crippen LogP) is 1.95. The Balaban J connectivity index is 2.41. The molecule has 0 radical (unpaired) electrons. The Morgan fingerprint density at radius 3 is 2.59 bits per heavy atom. The van der Waals surface area contributed by atoms with Crippen molar-refractivity contribution in [3.8, 4) is 0 Å². The highest BCUT2D eigenvalue weighted by molar-refractivity contribution is 5.93. The van der Waals surface area contributed by atoms with Crippen molar-refractivity contribution in [1.82, 2.24) is 0 Å². The van der Waals surface area contributed by atoms with Gasteiger partial charge in [-0.05, 0) is 24.6 Å². The second kappa shape index (κ2) is 6.26. The van der Waals surface area contributed by atoms with Crippen molar-refractivity contribution in [2.75, 3.05) is 5.32 Å². The summed E-state index contributed by atoms with van der Waals surface area (Å²) in [5.74, 6) is -3.29. The first-order chi connectivity index (χ1) is 10.4. The maximum Gasteiger partial charge on any atom is 0.333 e. The Labute approximate surface area is 126 Å². The molecule has 0 heterocycles. The van der Waals surface area contributed by atoms with Gasteiger partial charge in [-0.25, -0.2) is 4.79 Å². The summed E-state index contributed by atoms with van der Waals surface area (Å²) in [6.07, 6.45) is 3.63. The summed E-state index contributed by atoms with van der Waals surface area (Å²) in [6.45, 7) is 1.62. The fourth-order valence-corrected chi connectivity index (χ4v) is 2.44.